The number of aromatic hydroxyl groups is 1. The summed E-state index contributed by atoms with van der Waals surface area (Å²) in [7, 11) is 1.61. The van der Waals surface area contributed by atoms with Gasteiger partial charge < -0.3 is 24.2 Å². The number of halogens is 1. The summed E-state index contributed by atoms with van der Waals surface area (Å²) in [4.78, 5) is 15.6. The fourth-order valence-corrected chi connectivity index (χ4v) is 5.09. The van der Waals surface area contributed by atoms with Crippen molar-refractivity contribution in [3.8, 4) is 34.3 Å². The third-order valence-corrected chi connectivity index (χ3v) is 7.26. The Labute approximate surface area is 237 Å². The molecule has 5 rings (SSSR count). The van der Waals surface area contributed by atoms with E-state index in [9.17, 15) is 9.90 Å². The second-order valence-corrected chi connectivity index (χ2v) is 9.81. The lowest BCUT2D eigenvalue weighted by atomic mass is 9.94. The van der Waals surface area contributed by atoms with Crippen molar-refractivity contribution in [2.24, 2.45) is 0 Å². The van der Waals surface area contributed by atoms with Crippen LogP contribution in [0.5, 0.6) is 23.0 Å². The number of H-pyrrole nitrogens is 1. The molecule has 0 radical (unpaired) electrons. The molecule has 8 nitrogen and oxygen atoms in total. The van der Waals surface area contributed by atoms with Crippen LogP contribution in [0.3, 0.4) is 0 Å². The minimum atomic E-state index is -0.537. The molecule has 2 heterocycles. The number of hydrogen-bond donors (Lipinski definition) is 2. The molecule has 1 amide bonds. The molecule has 4 aromatic rings. The van der Waals surface area contributed by atoms with E-state index in [0.29, 0.717) is 58.8 Å². The number of methoxy groups -OCH3 is 1. The van der Waals surface area contributed by atoms with E-state index < -0.39 is 6.04 Å². The highest BCUT2D eigenvalue weighted by molar-refractivity contribution is 6.31. The maximum atomic E-state index is 13.9. The zero-order valence-electron chi connectivity index (χ0n) is 22.5. The molecule has 1 aliphatic rings. The smallest absolute Gasteiger partial charge is 0.273 e. The molecular weight excluding hydrogens is 530 g/mol. The topological polar surface area (TPSA) is 96.9 Å². The third kappa shape index (κ3) is 4.98. The van der Waals surface area contributed by atoms with Gasteiger partial charge in [0.15, 0.2) is 11.5 Å². The normalized spacial score (nSPS) is 14.2. The Morgan fingerprint density at radius 1 is 1.12 bits per heavy atom. The summed E-state index contributed by atoms with van der Waals surface area (Å²) in [5.41, 5.74) is 4.36. The zero-order valence-corrected chi connectivity index (χ0v) is 23.3. The predicted molar refractivity (Wildman–Crippen MR) is 153 cm³/mol. The minimum absolute atomic E-state index is 0.0270. The van der Waals surface area contributed by atoms with Crippen LogP contribution in [-0.2, 0) is 6.54 Å². The Morgan fingerprint density at radius 2 is 1.90 bits per heavy atom. The summed E-state index contributed by atoms with van der Waals surface area (Å²) in [6.07, 6.45) is 1.67. The standard InChI is InChI=1S/C31H30ClN3O5/c1-5-13-40-25-12-9-20(15-26(25)39-6-2)30-27-28(22-16-23(32)18(3)14-24(22)36)33-34-29(27)31(37)35(30)17-19-7-10-21(38-4)11-8-19/h5,7-12,14-16,30,36H,1,6,13,17H2,2-4H3,(H,33,34). The van der Waals surface area contributed by atoms with E-state index in [2.05, 4.69) is 16.8 Å². The van der Waals surface area contributed by atoms with Crippen LogP contribution in [0.15, 0.2) is 67.3 Å². The maximum absolute atomic E-state index is 13.9. The van der Waals surface area contributed by atoms with Crippen LogP contribution in [-0.4, -0.2) is 46.4 Å². The van der Waals surface area contributed by atoms with Gasteiger partial charge in [-0.3, -0.25) is 9.89 Å². The quantitative estimate of drug-likeness (QED) is 0.216. The van der Waals surface area contributed by atoms with Crippen molar-refractivity contribution in [2.75, 3.05) is 20.3 Å². The highest BCUT2D eigenvalue weighted by Crippen LogP contribution is 2.47. The maximum Gasteiger partial charge on any atom is 0.273 e. The number of fused-ring (bicyclic) bond motifs is 1. The molecule has 206 valence electrons. The Hall–Kier alpha value is -4.43. The van der Waals surface area contributed by atoms with Crippen LogP contribution in [0.2, 0.25) is 5.02 Å². The van der Waals surface area contributed by atoms with Crippen LogP contribution in [0, 0.1) is 6.92 Å². The zero-order chi connectivity index (χ0) is 28.4. The van der Waals surface area contributed by atoms with Crippen molar-refractivity contribution < 1.29 is 24.1 Å². The van der Waals surface area contributed by atoms with E-state index in [1.54, 1.807) is 30.2 Å². The van der Waals surface area contributed by atoms with Gasteiger partial charge >= 0.3 is 0 Å². The Bertz CT molecular complexity index is 1560. The molecule has 0 spiro atoms. The fraction of sp³-hybridized carbons (Fsp3) is 0.226. The molecule has 9 heteroatoms. The third-order valence-electron chi connectivity index (χ3n) is 6.85. The van der Waals surface area contributed by atoms with Gasteiger partial charge in [-0.1, -0.05) is 42.5 Å². The second kappa shape index (κ2) is 11.4. The summed E-state index contributed by atoms with van der Waals surface area (Å²) in [5, 5.41) is 18.7. The molecule has 1 atom stereocenters. The Morgan fingerprint density at radius 3 is 2.60 bits per heavy atom. The number of phenolic OH excluding ortho intramolecular Hbond substituents is 1. The molecule has 0 bridgehead atoms. The van der Waals surface area contributed by atoms with Crippen molar-refractivity contribution in [2.45, 2.75) is 26.4 Å². The summed E-state index contributed by atoms with van der Waals surface area (Å²) in [6.45, 7) is 8.52. The van der Waals surface area contributed by atoms with E-state index in [-0.39, 0.29) is 11.7 Å². The molecular formula is C31H30ClN3O5. The van der Waals surface area contributed by atoms with Gasteiger partial charge in [0.2, 0.25) is 0 Å². The van der Waals surface area contributed by atoms with Crippen LogP contribution in [0.25, 0.3) is 11.3 Å². The van der Waals surface area contributed by atoms with Crippen molar-refractivity contribution in [3.63, 3.8) is 0 Å². The Balaban J connectivity index is 1.66. The number of aromatic amines is 1. The van der Waals surface area contributed by atoms with Crippen LogP contribution in [0.1, 0.15) is 45.7 Å². The molecule has 1 aromatic heterocycles. The molecule has 40 heavy (non-hydrogen) atoms. The second-order valence-electron chi connectivity index (χ2n) is 9.40. The van der Waals surface area contributed by atoms with Gasteiger partial charge in [-0.2, -0.15) is 5.10 Å². The van der Waals surface area contributed by atoms with Gasteiger partial charge in [0.1, 0.15) is 29.5 Å². The van der Waals surface area contributed by atoms with Crippen LogP contribution in [0.4, 0.5) is 0 Å². The lowest BCUT2D eigenvalue weighted by molar-refractivity contribution is 0.0729. The predicted octanol–water partition coefficient (Wildman–Crippen LogP) is 6.46. The van der Waals surface area contributed by atoms with Gasteiger partial charge in [-0.25, -0.2) is 0 Å². The van der Waals surface area contributed by atoms with Gasteiger partial charge in [-0.15, -0.1) is 0 Å². The van der Waals surface area contributed by atoms with Crippen molar-refractivity contribution >= 4 is 17.5 Å². The molecule has 0 aliphatic carbocycles. The molecule has 0 saturated heterocycles. The largest absolute Gasteiger partial charge is 0.507 e. The van der Waals surface area contributed by atoms with E-state index >= 15 is 0 Å². The Kier molecular flexibility index (Phi) is 7.71. The number of benzene rings is 3. The first-order valence-electron chi connectivity index (χ1n) is 12.9. The number of rotatable bonds is 10. The first-order chi connectivity index (χ1) is 19.4. The van der Waals surface area contributed by atoms with Crippen LogP contribution < -0.4 is 14.2 Å². The summed E-state index contributed by atoms with van der Waals surface area (Å²) in [6, 6.07) is 15.9. The summed E-state index contributed by atoms with van der Waals surface area (Å²) >= 11 is 6.44. The first-order valence-corrected chi connectivity index (χ1v) is 13.3. The molecule has 3 aromatic carbocycles. The first kappa shape index (κ1) is 27.1. The molecule has 1 unspecified atom stereocenters. The number of ether oxygens (including phenoxy) is 3. The van der Waals surface area contributed by atoms with E-state index in [0.717, 1.165) is 22.4 Å². The van der Waals surface area contributed by atoms with E-state index in [1.165, 1.54) is 0 Å². The van der Waals surface area contributed by atoms with E-state index in [1.807, 2.05) is 56.3 Å². The lowest BCUT2D eigenvalue weighted by Crippen LogP contribution is -2.29. The molecule has 0 fully saturated rings. The molecule has 2 N–H and O–H groups in total. The average molecular weight is 560 g/mol. The number of phenols is 1. The van der Waals surface area contributed by atoms with Crippen LogP contribution >= 0.6 is 11.6 Å². The summed E-state index contributed by atoms with van der Waals surface area (Å²) < 4.78 is 17.0. The van der Waals surface area contributed by atoms with Gasteiger partial charge in [0.05, 0.1) is 19.8 Å². The average Bonchev–Trinajstić information content (AvgIpc) is 3.49. The number of nitrogens with zero attached hydrogens (tertiary/aromatic N) is 2. The number of amides is 1. The minimum Gasteiger partial charge on any atom is -0.507 e. The van der Waals surface area contributed by atoms with Crippen molar-refractivity contribution in [1.29, 1.82) is 0 Å². The van der Waals surface area contributed by atoms with Crippen molar-refractivity contribution in [3.05, 3.63) is 100 Å². The van der Waals surface area contributed by atoms with Crippen molar-refractivity contribution in [1.82, 2.24) is 15.1 Å². The number of hydrogen-bond acceptors (Lipinski definition) is 6. The monoisotopic (exact) mass is 559 g/mol. The van der Waals surface area contributed by atoms with E-state index in [4.69, 9.17) is 25.8 Å². The lowest BCUT2D eigenvalue weighted by Gasteiger charge is -2.27. The SMILES string of the molecule is C=CCOc1ccc(C2c3c(-c4cc(Cl)c(C)cc4O)n[nH]c3C(=O)N2Cc2ccc(OC)cc2)cc1OCC. The van der Waals surface area contributed by atoms with Gasteiger partial charge in [0.25, 0.3) is 5.91 Å². The number of nitrogens with one attached hydrogen (secondary N) is 1. The highest BCUT2D eigenvalue weighted by atomic mass is 35.5. The number of aromatic nitrogens is 2. The number of aryl methyl sites for hydroxylation is 1. The van der Waals surface area contributed by atoms with Gasteiger partial charge in [-0.05, 0) is 66.9 Å². The highest BCUT2D eigenvalue weighted by Gasteiger charge is 2.43. The number of carbonyl (C=O) groups excluding carboxylic acids is 1. The van der Waals surface area contributed by atoms with Gasteiger partial charge in [0, 0.05) is 22.7 Å². The fourth-order valence-electron chi connectivity index (χ4n) is 4.93. The molecule has 0 saturated carbocycles. The molecule has 1 aliphatic heterocycles. The summed E-state index contributed by atoms with van der Waals surface area (Å²) in [5.74, 6) is 1.68. The number of carbonyl (C=O) groups is 1.